The van der Waals surface area contributed by atoms with Gasteiger partial charge < -0.3 is 39.4 Å². The third-order valence-corrected chi connectivity index (χ3v) is 8.41. The Morgan fingerprint density at radius 3 is 1.48 bits per heavy atom. The molecule has 1 fully saturated rings. The lowest BCUT2D eigenvalue weighted by atomic mass is 9.99. The molecule has 6 atom stereocenters. The van der Waals surface area contributed by atoms with E-state index < -0.39 is 49.4 Å². The van der Waals surface area contributed by atoms with Crippen molar-refractivity contribution in [3.8, 4) is 0 Å². The summed E-state index contributed by atoms with van der Waals surface area (Å²) in [6, 6.07) is 0. The Kier molecular flexibility index (Phi) is 33.6. The molecule has 0 spiro atoms. The number of rotatable bonds is 32. The molecule has 9 nitrogen and oxygen atoms in total. The third kappa shape index (κ3) is 28.1. The topological polar surface area (TPSA) is 135 Å². The van der Waals surface area contributed by atoms with E-state index in [0.717, 1.165) is 77.0 Å². The molecule has 4 N–H and O–H groups in total. The van der Waals surface area contributed by atoms with Crippen LogP contribution in [0.25, 0.3) is 0 Å². The van der Waals surface area contributed by atoms with E-state index in [1.807, 2.05) is 12.2 Å². The first-order valence-electron chi connectivity index (χ1n) is 20.6. The zero-order valence-electron chi connectivity index (χ0n) is 34.1. The molecule has 1 aliphatic heterocycles. The Hall–Kier alpha value is -3.41. The van der Waals surface area contributed by atoms with Crippen LogP contribution in [0.3, 0.4) is 0 Å². The van der Waals surface area contributed by atoms with Gasteiger partial charge in [0.1, 0.15) is 30.5 Å². The van der Waals surface area contributed by atoms with E-state index >= 15 is 0 Å². The van der Waals surface area contributed by atoms with E-state index in [1.54, 1.807) is 6.08 Å². The minimum atomic E-state index is -1.57. The quantitative estimate of drug-likeness (QED) is 0.0300. The van der Waals surface area contributed by atoms with Crippen molar-refractivity contribution < 1.29 is 44.2 Å². The molecular weight excluding hydrogens is 709 g/mol. The highest BCUT2D eigenvalue weighted by Gasteiger charge is 2.44. The van der Waals surface area contributed by atoms with Crippen molar-refractivity contribution in [2.45, 2.75) is 141 Å². The fourth-order valence-corrected chi connectivity index (χ4v) is 5.24. The van der Waals surface area contributed by atoms with Crippen molar-refractivity contribution in [2.75, 3.05) is 26.4 Å². The summed E-state index contributed by atoms with van der Waals surface area (Å²) in [4.78, 5) is 12.7. The molecule has 0 aromatic rings. The zero-order valence-corrected chi connectivity index (χ0v) is 34.1. The highest BCUT2D eigenvalue weighted by atomic mass is 16.7. The third-order valence-electron chi connectivity index (χ3n) is 8.41. The van der Waals surface area contributed by atoms with E-state index in [4.69, 9.17) is 18.9 Å². The standard InChI is InChI=1S/C47H72O9/c1-3-5-7-9-11-13-15-17-19-20-21-23-25-27-29-31-33-35-37-53-39-41(40-54-47-46(52)45(51)44(50)42(38-48)56-47)55-43(49)36-34-32-30-28-26-24-22-18-16-14-12-10-8-6-4-2/h5-8,11-14,17-19,21-23,26-29,32,34,41-42,44-48,50-52H,3-4,9-10,15-16,20,24-25,30-31,33,35-40H2,1-2H3/b7-5-,8-6-,13-11-,14-12-,19-17-,22-18-,23-21-,28-26-,29-27-,34-32-. The van der Waals surface area contributed by atoms with Gasteiger partial charge in [0.2, 0.25) is 0 Å². The number of unbranched alkanes of at least 4 members (excludes halogenated alkanes) is 2. The van der Waals surface area contributed by atoms with Crippen molar-refractivity contribution in [1.82, 2.24) is 0 Å². The van der Waals surface area contributed by atoms with Crippen LogP contribution in [0.5, 0.6) is 0 Å². The Bertz CT molecular complexity index is 1250. The fourth-order valence-electron chi connectivity index (χ4n) is 5.24. The van der Waals surface area contributed by atoms with E-state index in [0.29, 0.717) is 13.0 Å². The lowest BCUT2D eigenvalue weighted by molar-refractivity contribution is -0.305. The van der Waals surface area contributed by atoms with Gasteiger partial charge >= 0.3 is 5.97 Å². The first kappa shape index (κ1) is 50.6. The van der Waals surface area contributed by atoms with Gasteiger partial charge in [0, 0.05) is 6.61 Å². The largest absolute Gasteiger partial charge is 0.457 e. The Balaban J connectivity index is 2.42. The number of carbonyl (C=O) groups excluding carboxylic acids is 1. The molecule has 0 aliphatic carbocycles. The number of ether oxygens (including phenoxy) is 4. The van der Waals surface area contributed by atoms with Gasteiger partial charge in [0.15, 0.2) is 6.29 Å². The molecule has 0 amide bonds. The number of aliphatic hydroxyl groups excluding tert-OH is 4. The Labute approximate surface area is 337 Å². The van der Waals surface area contributed by atoms with Crippen molar-refractivity contribution in [3.05, 3.63) is 122 Å². The van der Waals surface area contributed by atoms with Crippen molar-refractivity contribution in [2.24, 2.45) is 0 Å². The molecule has 0 bridgehead atoms. The van der Waals surface area contributed by atoms with Crippen LogP contribution < -0.4 is 0 Å². The highest BCUT2D eigenvalue weighted by Crippen LogP contribution is 2.22. The second kappa shape index (κ2) is 37.2. The summed E-state index contributed by atoms with van der Waals surface area (Å²) in [6.07, 6.45) is 46.8. The number of hydrogen-bond donors (Lipinski definition) is 4. The maximum atomic E-state index is 12.7. The molecule has 0 saturated carbocycles. The lowest BCUT2D eigenvalue weighted by Crippen LogP contribution is -2.59. The molecular formula is C47H72O9. The second-order valence-corrected chi connectivity index (χ2v) is 13.3. The van der Waals surface area contributed by atoms with Gasteiger partial charge in [-0.3, -0.25) is 4.79 Å². The van der Waals surface area contributed by atoms with Crippen LogP contribution in [0.1, 0.15) is 104 Å². The van der Waals surface area contributed by atoms with E-state index in [2.05, 4.69) is 117 Å². The number of esters is 1. The molecule has 9 heteroatoms. The predicted octanol–water partition coefficient (Wildman–Crippen LogP) is 8.79. The average molecular weight is 781 g/mol. The van der Waals surface area contributed by atoms with E-state index in [-0.39, 0.29) is 19.6 Å². The second-order valence-electron chi connectivity index (χ2n) is 13.3. The summed E-state index contributed by atoms with van der Waals surface area (Å²) in [5.41, 5.74) is 0. The zero-order chi connectivity index (χ0) is 40.7. The first-order chi connectivity index (χ1) is 27.4. The van der Waals surface area contributed by atoms with Crippen LogP contribution in [-0.4, -0.2) is 89.6 Å². The molecule has 1 aliphatic rings. The molecule has 0 aromatic carbocycles. The number of carbonyl (C=O) groups is 1. The smallest absolute Gasteiger partial charge is 0.310 e. The van der Waals surface area contributed by atoms with Crippen LogP contribution >= 0.6 is 0 Å². The maximum Gasteiger partial charge on any atom is 0.310 e. The van der Waals surface area contributed by atoms with E-state index in [9.17, 15) is 25.2 Å². The fraction of sp³-hybridized carbons (Fsp3) is 0.553. The van der Waals surface area contributed by atoms with Gasteiger partial charge in [-0.1, -0.05) is 135 Å². The van der Waals surface area contributed by atoms with Gasteiger partial charge in [-0.15, -0.1) is 0 Å². The number of hydrogen-bond acceptors (Lipinski definition) is 9. The first-order valence-corrected chi connectivity index (χ1v) is 20.6. The normalized spacial score (nSPS) is 21.9. The summed E-state index contributed by atoms with van der Waals surface area (Å²) in [5, 5.41) is 40.0. The van der Waals surface area contributed by atoms with Gasteiger partial charge in [-0.05, 0) is 83.5 Å². The van der Waals surface area contributed by atoms with Crippen LogP contribution in [0.15, 0.2) is 122 Å². The van der Waals surface area contributed by atoms with Crippen LogP contribution in [0.2, 0.25) is 0 Å². The van der Waals surface area contributed by atoms with Crippen LogP contribution in [0.4, 0.5) is 0 Å². The number of allylic oxidation sites excluding steroid dienone is 19. The molecule has 0 aromatic heterocycles. The minimum Gasteiger partial charge on any atom is -0.457 e. The summed E-state index contributed by atoms with van der Waals surface area (Å²) in [7, 11) is 0. The van der Waals surface area contributed by atoms with Gasteiger partial charge in [-0.25, -0.2) is 0 Å². The predicted molar refractivity (Wildman–Crippen MR) is 228 cm³/mol. The lowest BCUT2D eigenvalue weighted by Gasteiger charge is -2.39. The summed E-state index contributed by atoms with van der Waals surface area (Å²) < 4.78 is 22.6. The van der Waals surface area contributed by atoms with E-state index in [1.165, 1.54) is 0 Å². The van der Waals surface area contributed by atoms with Gasteiger partial charge in [0.05, 0.1) is 26.2 Å². The summed E-state index contributed by atoms with van der Waals surface area (Å²) >= 11 is 0. The molecule has 1 rings (SSSR count). The summed E-state index contributed by atoms with van der Waals surface area (Å²) in [6.45, 7) is 4.05. The van der Waals surface area contributed by atoms with Gasteiger partial charge in [-0.2, -0.15) is 0 Å². The maximum absolute atomic E-state index is 12.7. The van der Waals surface area contributed by atoms with Gasteiger partial charge in [0.25, 0.3) is 0 Å². The molecule has 1 saturated heterocycles. The Morgan fingerprint density at radius 2 is 1.02 bits per heavy atom. The monoisotopic (exact) mass is 781 g/mol. The number of aliphatic hydroxyl groups is 4. The molecule has 6 unspecified atom stereocenters. The van der Waals surface area contributed by atoms with Crippen molar-refractivity contribution in [3.63, 3.8) is 0 Å². The van der Waals surface area contributed by atoms with Crippen LogP contribution in [0, 0.1) is 0 Å². The molecule has 56 heavy (non-hydrogen) atoms. The molecule has 0 radical (unpaired) electrons. The van der Waals surface area contributed by atoms with Crippen LogP contribution in [-0.2, 0) is 23.7 Å². The molecule has 1 heterocycles. The SMILES string of the molecule is CC/C=C\C/C=C\C/C=C\C/C=C\C/C=C\CCCCOCC(COC1OC(CO)C(O)C(O)C1O)OC(=O)C/C=C\C/C=C\C/C=C\C/C=C\C/C=C\CC. The average Bonchev–Trinajstić information content (AvgIpc) is 3.20. The molecule has 314 valence electrons. The minimum absolute atomic E-state index is 0.0660. The van der Waals surface area contributed by atoms with Crippen molar-refractivity contribution in [1.29, 1.82) is 0 Å². The summed E-state index contributed by atoms with van der Waals surface area (Å²) in [5.74, 6) is -0.462. The highest BCUT2D eigenvalue weighted by molar-refractivity contribution is 5.71. The van der Waals surface area contributed by atoms with Crippen molar-refractivity contribution >= 4 is 5.97 Å². The Morgan fingerprint density at radius 1 is 0.571 bits per heavy atom.